The molecule has 112 valence electrons. The van der Waals surface area contributed by atoms with Crippen LogP contribution in [0.25, 0.3) is 17.4 Å². The van der Waals surface area contributed by atoms with Crippen LogP contribution < -0.4 is 5.32 Å². The molecule has 0 bridgehead atoms. The average Bonchev–Trinajstić information content (AvgIpc) is 3.18. The van der Waals surface area contributed by atoms with Crippen LogP contribution in [0.1, 0.15) is 13.3 Å². The molecule has 0 radical (unpaired) electrons. The molecule has 3 aromatic rings. The number of furan rings is 1. The largest absolute Gasteiger partial charge is 0.441 e. The number of carbonyl (C=O) groups excluding carboxylic acids is 1. The highest BCUT2D eigenvalue weighted by Crippen LogP contribution is 2.24. The number of carbonyl (C=O) groups is 1. The lowest BCUT2D eigenvalue weighted by Gasteiger charge is -2.07. The highest BCUT2D eigenvalue weighted by atomic mass is 35.5. The summed E-state index contributed by atoms with van der Waals surface area (Å²) in [7, 11) is 0. The zero-order valence-electron chi connectivity index (χ0n) is 11.7. The standard InChI is InChI=1S/C14H12ClN5O2/c1-2-13(21)17-11-8-12(20-7-3-6-16-20)19-14(18-11)9-4-5-10(15)22-9/h3-8H,2H2,1H3,(H,17,18,19,21). The molecule has 0 unspecified atom stereocenters. The van der Waals surface area contributed by atoms with E-state index in [1.165, 1.54) is 0 Å². The van der Waals surface area contributed by atoms with Crippen molar-refractivity contribution < 1.29 is 9.21 Å². The van der Waals surface area contributed by atoms with E-state index >= 15 is 0 Å². The van der Waals surface area contributed by atoms with Gasteiger partial charge in [-0.2, -0.15) is 5.10 Å². The second-order valence-electron chi connectivity index (χ2n) is 4.39. The zero-order valence-corrected chi connectivity index (χ0v) is 12.4. The van der Waals surface area contributed by atoms with Crippen LogP contribution in [0.3, 0.4) is 0 Å². The highest BCUT2D eigenvalue weighted by Gasteiger charge is 2.13. The quantitative estimate of drug-likeness (QED) is 0.799. The first-order chi connectivity index (χ1) is 10.7. The molecule has 0 saturated heterocycles. The summed E-state index contributed by atoms with van der Waals surface area (Å²) >= 11 is 5.79. The average molecular weight is 318 g/mol. The molecule has 0 aliphatic heterocycles. The monoisotopic (exact) mass is 317 g/mol. The van der Waals surface area contributed by atoms with E-state index in [1.807, 2.05) is 0 Å². The van der Waals surface area contributed by atoms with Gasteiger partial charge in [0.2, 0.25) is 5.91 Å². The molecule has 0 aliphatic carbocycles. The van der Waals surface area contributed by atoms with Crippen LogP contribution in [0.2, 0.25) is 5.22 Å². The molecule has 0 fully saturated rings. The second-order valence-corrected chi connectivity index (χ2v) is 4.76. The summed E-state index contributed by atoms with van der Waals surface area (Å²) < 4.78 is 6.89. The van der Waals surface area contributed by atoms with Crippen molar-refractivity contribution in [2.75, 3.05) is 5.32 Å². The van der Waals surface area contributed by atoms with Crippen LogP contribution >= 0.6 is 11.6 Å². The summed E-state index contributed by atoms with van der Waals surface area (Å²) in [5.74, 6) is 1.45. The molecule has 1 amide bonds. The minimum absolute atomic E-state index is 0.145. The Morgan fingerprint density at radius 1 is 1.41 bits per heavy atom. The lowest BCUT2D eigenvalue weighted by atomic mass is 10.4. The third-order valence-corrected chi connectivity index (χ3v) is 3.04. The van der Waals surface area contributed by atoms with Gasteiger partial charge in [0, 0.05) is 24.9 Å². The van der Waals surface area contributed by atoms with E-state index in [-0.39, 0.29) is 11.1 Å². The molecular weight excluding hydrogens is 306 g/mol. The highest BCUT2D eigenvalue weighted by molar-refractivity contribution is 6.28. The molecule has 7 nitrogen and oxygen atoms in total. The van der Waals surface area contributed by atoms with Crippen molar-refractivity contribution in [2.24, 2.45) is 0 Å². The number of rotatable bonds is 4. The van der Waals surface area contributed by atoms with E-state index in [0.717, 1.165) is 0 Å². The van der Waals surface area contributed by atoms with Gasteiger partial charge in [0.25, 0.3) is 0 Å². The Kier molecular flexibility index (Phi) is 3.88. The summed E-state index contributed by atoms with van der Waals surface area (Å²) in [6, 6.07) is 6.67. The smallest absolute Gasteiger partial charge is 0.225 e. The van der Waals surface area contributed by atoms with Gasteiger partial charge in [0.05, 0.1) is 0 Å². The molecule has 0 atom stereocenters. The predicted octanol–water partition coefficient (Wildman–Crippen LogP) is 2.92. The second kappa shape index (κ2) is 5.98. The lowest BCUT2D eigenvalue weighted by Crippen LogP contribution is -2.12. The maximum Gasteiger partial charge on any atom is 0.225 e. The van der Waals surface area contributed by atoms with Crippen molar-refractivity contribution in [2.45, 2.75) is 13.3 Å². The first-order valence-corrected chi connectivity index (χ1v) is 6.98. The molecule has 3 rings (SSSR count). The van der Waals surface area contributed by atoms with E-state index < -0.39 is 0 Å². The molecule has 3 heterocycles. The lowest BCUT2D eigenvalue weighted by molar-refractivity contribution is -0.115. The fraction of sp³-hybridized carbons (Fsp3) is 0.143. The van der Waals surface area contributed by atoms with Gasteiger partial charge < -0.3 is 9.73 Å². The van der Waals surface area contributed by atoms with Gasteiger partial charge in [-0.05, 0) is 29.8 Å². The van der Waals surface area contributed by atoms with Gasteiger partial charge in [-0.25, -0.2) is 14.6 Å². The van der Waals surface area contributed by atoms with Gasteiger partial charge in [-0.3, -0.25) is 4.79 Å². The first kappa shape index (κ1) is 14.3. The molecule has 0 saturated carbocycles. The summed E-state index contributed by atoms with van der Waals surface area (Å²) in [5, 5.41) is 7.07. The number of amides is 1. The Morgan fingerprint density at radius 2 is 2.27 bits per heavy atom. The predicted molar refractivity (Wildman–Crippen MR) is 80.8 cm³/mol. The normalized spacial score (nSPS) is 10.6. The molecule has 8 heteroatoms. The van der Waals surface area contributed by atoms with E-state index in [1.54, 1.807) is 48.3 Å². The van der Waals surface area contributed by atoms with E-state index in [9.17, 15) is 4.79 Å². The maximum absolute atomic E-state index is 11.6. The Balaban J connectivity index is 2.07. The van der Waals surface area contributed by atoms with Crippen molar-refractivity contribution in [3.05, 3.63) is 41.9 Å². The fourth-order valence-electron chi connectivity index (χ4n) is 1.80. The van der Waals surface area contributed by atoms with Crippen molar-refractivity contribution in [1.29, 1.82) is 0 Å². The number of hydrogen-bond donors (Lipinski definition) is 1. The SMILES string of the molecule is CCC(=O)Nc1cc(-n2cccn2)nc(-c2ccc(Cl)o2)n1. The first-order valence-electron chi connectivity index (χ1n) is 6.60. The molecule has 0 spiro atoms. The third kappa shape index (κ3) is 2.99. The van der Waals surface area contributed by atoms with Crippen molar-refractivity contribution in [3.63, 3.8) is 0 Å². The number of anilines is 1. The minimum Gasteiger partial charge on any atom is -0.441 e. The molecular formula is C14H12ClN5O2. The molecule has 22 heavy (non-hydrogen) atoms. The summed E-state index contributed by atoms with van der Waals surface area (Å²) in [6.45, 7) is 1.76. The van der Waals surface area contributed by atoms with E-state index in [0.29, 0.717) is 29.6 Å². The Bertz CT molecular complexity index is 797. The maximum atomic E-state index is 11.6. The van der Waals surface area contributed by atoms with Crippen LogP contribution in [0.15, 0.2) is 41.1 Å². The van der Waals surface area contributed by atoms with E-state index in [2.05, 4.69) is 20.4 Å². The Hall–Kier alpha value is -2.67. The number of hydrogen-bond acceptors (Lipinski definition) is 5. The van der Waals surface area contributed by atoms with E-state index in [4.69, 9.17) is 16.0 Å². The topological polar surface area (TPSA) is 85.8 Å². The van der Waals surface area contributed by atoms with Crippen LogP contribution in [0.5, 0.6) is 0 Å². The summed E-state index contributed by atoms with van der Waals surface area (Å²) in [5.41, 5.74) is 0. The Labute approximate surface area is 130 Å². The Morgan fingerprint density at radius 3 is 2.91 bits per heavy atom. The van der Waals surface area contributed by atoms with Gasteiger partial charge >= 0.3 is 0 Å². The third-order valence-electron chi connectivity index (χ3n) is 2.83. The summed E-state index contributed by atoms with van der Waals surface area (Å²) in [4.78, 5) is 20.2. The zero-order chi connectivity index (χ0) is 15.5. The van der Waals surface area contributed by atoms with Crippen molar-refractivity contribution in [1.82, 2.24) is 19.7 Å². The molecule has 0 aromatic carbocycles. The van der Waals surface area contributed by atoms with Gasteiger partial charge in [0.15, 0.2) is 22.6 Å². The van der Waals surface area contributed by atoms with Crippen LogP contribution in [0, 0.1) is 0 Å². The van der Waals surface area contributed by atoms with Crippen molar-refractivity contribution >= 4 is 23.3 Å². The van der Waals surface area contributed by atoms with Crippen LogP contribution in [0.4, 0.5) is 5.82 Å². The number of nitrogens with one attached hydrogen (secondary N) is 1. The van der Waals surface area contributed by atoms with Gasteiger partial charge in [-0.15, -0.1) is 0 Å². The number of nitrogens with zero attached hydrogens (tertiary/aromatic N) is 4. The summed E-state index contributed by atoms with van der Waals surface area (Å²) in [6.07, 6.45) is 3.73. The van der Waals surface area contributed by atoms with Crippen LogP contribution in [-0.2, 0) is 4.79 Å². The molecule has 1 N–H and O–H groups in total. The fourth-order valence-corrected chi connectivity index (χ4v) is 1.94. The molecule has 0 aliphatic rings. The van der Waals surface area contributed by atoms with Crippen LogP contribution in [-0.4, -0.2) is 25.7 Å². The van der Waals surface area contributed by atoms with Gasteiger partial charge in [-0.1, -0.05) is 6.92 Å². The van der Waals surface area contributed by atoms with Gasteiger partial charge in [0.1, 0.15) is 5.82 Å². The molecule has 3 aromatic heterocycles. The van der Waals surface area contributed by atoms with Crippen molar-refractivity contribution in [3.8, 4) is 17.4 Å². The number of halogens is 1. The number of aromatic nitrogens is 4. The minimum atomic E-state index is -0.145.